The third kappa shape index (κ3) is 2.62. The van der Waals surface area contributed by atoms with E-state index >= 15 is 0 Å². The topological polar surface area (TPSA) is 66.8 Å². The molecular formula is C6H7O4P. The summed E-state index contributed by atoms with van der Waals surface area (Å²) < 4.78 is 14.6. The monoisotopic (exact) mass is 174 g/mol. The Labute approximate surface area is 64.0 Å². The predicted molar refractivity (Wildman–Crippen MR) is 40.0 cm³/mol. The molecule has 0 amide bonds. The van der Waals surface area contributed by atoms with E-state index in [2.05, 4.69) is 4.52 Å². The van der Waals surface area contributed by atoms with Crippen LogP contribution in [0.3, 0.4) is 0 Å². The summed E-state index contributed by atoms with van der Waals surface area (Å²) >= 11 is 0. The molecule has 5 heteroatoms. The molecule has 0 aliphatic rings. The fourth-order valence-corrected chi connectivity index (χ4v) is 0.976. The van der Waals surface area contributed by atoms with Crippen LogP contribution in [0.1, 0.15) is 0 Å². The first-order valence-corrected chi connectivity index (χ1v) is 4.14. The van der Waals surface area contributed by atoms with Crippen molar-refractivity contribution >= 4 is 8.25 Å². The Bertz CT molecular complexity index is 273. The van der Waals surface area contributed by atoms with Crippen molar-refractivity contribution in [3.8, 4) is 11.5 Å². The van der Waals surface area contributed by atoms with Gasteiger partial charge in [0.2, 0.25) is 0 Å². The average molecular weight is 174 g/mol. The minimum atomic E-state index is -2.96. The first-order valence-electron chi connectivity index (χ1n) is 2.88. The Morgan fingerprint density at radius 2 is 2.18 bits per heavy atom. The Morgan fingerprint density at radius 3 is 2.73 bits per heavy atom. The zero-order valence-electron chi connectivity index (χ0n) is 5.52. The van der Waals surface area contributed by atoms with Crippen molar-refractivity contribution in [1.29, 1.82) is 0 Å². The number of hydrogen-bond donors (Lipinski definition) is 2. The predicted octanol–water partition coefficient (Wildman–Crippen LogP) is 1.15. The minimum Gasteiger partial charge on any atom is -0.508 e. The third-order valence-electron chi connectivity index (χ3n) is 1.02. The number of aromatic hydroxyl groups is 1. The van der Waals surface area contributed by atoms with Crippen molar-refractivity contribution in [2.75, 3.05) is 0 Å². The van der Waals surface area contributed by atoms with E-state index < -0.39 is 8.25 Å². The zero-order valence-corrected chi connectivity index (χ0v) is 6.52. The molecule has 0 fully saturated rings. The van der Waals surface area contributed by atoms with Gasteiger partial charge in [-0.2, -0.15) is 0 Å². The van der Waals surface area contributed by atoms with Crippen molar-refractivity contribution in [3.05, 3.63) is 24.3 Å². The normalized spacial score (nSPS) is 12.5. The second-order valence-corrected chi connectivity index (χ2v) is 2.60. The summed E-state index contributed by atoms with van der Waals surface area (Å²) in [5, 5.41) is 8.87. The van der Waals surface area contributed by atoms with Gasteiger partial charge in [-0.3, -0.25) is 0 Å². The number of rotatable bonds is 2. The van der Waals surface area contributed by atoms with E-state index in [-0.39, 0.29) is 11.5 Å². The lowest BCUT2D eigenvalue weighted by Crippen LogP contribution is -1.78. The molecule has 1 aromatic rings. The molecule has 0 aliphatic heterocycles. The summed E-state index contributed by atoms with van der Waals surface area (Å²) in [7, 11) is -2.96. The molecule has 0 radical (unpaired) electrons. The summed E-state index contributed by atoms with van der Waals surface area (Å²) in [5.74, 6) is 0.196. The Hall–Kier alpha value is -0.990. The summed E-state index contributed by atoms with van der Waals surface area (Å²) in [4.78, 5) is 8.34. The van der Waals surface area contributed by atoms with Gasteiger partial charge in [0.1, 0.15) is 11.5 Å². The van der Waals surface area contributed by atoms with Crippen molar-refractivity contribution in [2.24, 2.45) is 0 Å². The van der Waals surface area contributed by atoms with Gasteiger partial charge in [-0.1, -0.05) is 6.07 Å². The van der Waals surface area contributed by atoms with Crippen LogP contribution in [0.4, 0.5) is 0 Å². The van der Waals surface area contributed by atoms with Gasteiger partial charge in [0.25, 0.3) is 0 Å². The van der Waals surface area contributed by atoms with Gasteiger partial charge in [0, 0.05) is 6.07 Å². The van der Waals surface area contributed by atoms with Crippen LogP contribution >= 0.6 is 8.25 Å². The molecule has 2 N–H and O–H groups in total. The lowest BCUT2D eigenvalue weighted by Gasteiger charge is -2.00. The Kier molecular flexibility index (Phi) is 2.52. The molecule has 0 bridgehead atoms. The summed E-state index contributed by atoms with van der Waals surface area (Å²) in [6.07, 6.45) is 0. The second kappa shape index (κ2) is 3.42. The maximum atomic E-state index is 10.2. The zero-order chi connectivity index (χ0) is 8.27. The molecule has 0 saturated heterocycles. The number of phenols is 1. The number of hydrogen-bond acceptors (Lipinski definition) is 3. The molecule has 11 heavy (non-hydrogen) atoms. The van der Waals surface area contributed by atoms with Crippen LogP contribution in [-0.4, -0.2) is 10.00 Å². The maximum absolute atomic E-state index is 10.2. The first kappa shape index (κ1) is 8.11. The van der Waals surface area contributed by atoms with E-state index in [0.717, 1.165) is 0 Å². The molecule has 0 aliphatic carbocycles. The van der Waals surface area contributed by atoms with Crippen LogP contribution in [0.15, 0.2) is 24.3 Å². The minimum absolute atomic E-state index is 0.00532. The molecule has 0 heterocycles. The van der Waals surface area contributed by atoms with Gasteiger partial charge in [0.05, 0.1) is 0 Å². The lowest BCUT2D eigenvalue weighted by molar-refractivity contribution is 0.408. The lowest BCUT2D eigenvalue weighted by atomic mass is 10.3. The van der Waals surface area contributed by atoms with Gasteiger partial charge in [-0.15, -0.1) is 0 Å². The van der Waals surface area contributed by atoms with Gasteiger partial charge < -0.3 is 14.5 Å². The van der Waals surface area contributed by atoms with E-state index in [1.54, 1.807) is 0 Å². The highest BCUT2D eigenvalue weighted by atomic mass is 31.1. The van der Waals surface area contributed by atoms with Crippen molar-refractivity contribution in [2.45, 2.75) is 0 Å². The van der Waals surface area contributed by atoms with Crippen LogP contribution < -0.4 is 4.52 Å². The summed E-state index contributed by atoms with van der Waals surface area (Å²) in [6.45, 7) is 0. The van der Waals surface area contributed by atoms with Gasteiger partial charge in [-0.25, -0.2) is 4.57 Å². The van der Waals surface area contributed by atoms with Crippen LogP contribution in [0.5, 0.6) is 11.5 Å². The van der Waals surface area contributed by atoms with Gasteiger partial charge in [-0.05, 0) is 12.1 Å². The van der Waals surface area contributed by atoms with Crippen LogP contribution in [0, 0.1) is 0 Å². The molecule has 0 saturated carbocycles. The van der Waals surface area contributed by atoms with Crippen molar-refractivity contribution in [1.82, 2.24) is 0 Å². The molecule has 60 valence electrons. The molecule has 0 spiro atoms. The fraction of sp³-hybridized carbons (Fsp3) is 0. The Morgan fingerprint density at radius 1 is 1.45 bits per heavy atom. The summed E-state index contributed by atoms with van der Waals surface area (Å²) in [6, 6.07) is 5.72. The number of benzene rings is 1. The van der Waals surface area contributed by atoms with Crippen LogP contribution in [0.2, 0.25) is 0 Å². The second-order valence-electron chi connectivity index (χ2n) is 1.87. The molecule has 4 nitrogen and oxygen atoms in total. The maximum Gasteiger partial charge on any atom is 0.365 e. The van der Waals surface area contributed by atoms with Crippen molar-refractivity contribution in [3.63, 3.8) is 0 Å². The third-order valence-corrected chi connectivity index (χ3v) is 1.43. The standard InChI is InChI=1S/C6H7O4P/c7-5-2-1-3-6(4-5)10-11(8)9/h1-4,7,11H,(H,8,9). The SMILES string of the molecule is O=[PH](O)Oc1cccc(O)c1. The molecule has 1 unspecified atom stereocenters. The molecule has 0 aromatic heterocycles. The highest BCUT2D eigenvalue weighted by Gasteiger charge is 1.96. The van der Waals surface area contributed by atoms with E-state index in [0.29, 0.717) is 0 Å². The van der Waals surface area contributed by atoms with Gasteiger partial charge >= 0.3 is 8.25 Å². The molecule has 1 atom stereocenters. The van der Waals surface area contributed by atoms with E-state index in [1.165, 1.54) is 24.3 Å². The van der Waals surface area contributed by atoms with E-state index in [1.807, 2.05) is 0 Å². The Balaban J connectivity index is 2.79. The quantitative estimate of drug-likeness (QED) is 0.660. The van der Waals surface area contributed by atoms with E-state index in [9.17, 15) is 4.57 Å². The fourth-order valence-electron chi connectivity index (χ4n) is 0.648. The molecule has 1 rings (SSSR count). The smallest absolute Gasteiger partial charge is 0.365 e. The molecule has 1 aromatic carbocycles. The first-order chi connectivity index (χ1) is 5.18. The number of phenolic OH excluding ortho intramolecular Hbond substituents is 1. The largest absolute Gasteiger partial charge is 0.508 e. The highest BCUT2D eigenvalue weighted by molar-refractivity contribution is 7.32. The van der Waals surface area contributed by atoms with Crippen LogP contribution in [-0.2, 0) is 4.57 Å². The highest BCUT2D eigenvalue weighted by Crippen LogP contribution is 2.25. The van der Waals surface area contributed by atoms with Crippen LogP contribution in [0.25, 0.3) is 0 Å². The van der Waals surface area contributed by atoms with Gasteiger partial charge in [0.15, 0.2) is 0 Å². The summed E-state index contributed by atoms with van der Waals surface area (Å²) in [5.41, 5.74) is 0. The molecular weight excluding hydrogens is 167 g/mol. The van der Waals surface area contributed by atoms with Crippen molar-refractivity contribution < 1.29 is 19.1 Å². The average Bonchev–Trinajstić information content (AvgIpc) is 1.85. The van der Waals surface area contributed by atoms with E-state index in [4.69, 9.17) is 10.00 Å².